The second-order valence-electron chi connectivity index (χ2n) is 5.05. The van der Waals surface area contributed by atoms with Crippen molar-refractivity contribution in [1.82, 2.24) is 15.0 Å². The second-order valence-corrected chi connectivity index (χ2v) is 5.05. The molecule has 0 N–H and O–H groups in total. The lowest BCUT2D eigenvalue weighted by atomic mass is 10.1. The Labute approximate surface area is 133 Å². The number of hydrogen-bond donors (Lipinski definition) is 0. The van der Waals surface area contributed by atoms with E-state index in [1.807, 2.05) is 54.6 Å². The lowest BCUT2D eigenvalue weighted by Crippen LogP contribution is -1.94. The Morgan fingerprint density at radius 3 is 2.39 bits per heavy atom. The molecule has 0 saturated heterocycles. The van der Waals surface area contributed by atoms with Crippen molar-refractivity contribution in [1.29, 1.82) is 0 Å². The summed E-state index contributed by atoms with van der Waals surface area (Å²) in [6, 6.07) is 16.7. The van der Waals surface area contributed by atoms with Gasteiger partial charge < -0.3 is 4.74 Å². The third-order valence-electron chi connectivity index (χ3n) is 3.59. The predicted molar refractivity (Wildman–Crippen MR) is 87.9 cm³/mol. The van der Waals surface area contributed by atoms with Crippen molar-refractivity contribution >= 4 is 11.4 Å². The van der Waals surface area contributed by atoms with E-state index in [1.165, 1.54) is 4.68 Å². The van der Waals surface area contributed by atoms with Gasteiger partial charge in [-0.1, -0.05) is 35.5 Å². The maximum Gasteiger partial charge on any atom is 0.155 e. The minimum absolute atomic E-state index is 0.210. The van der Waals surface area contributed by atoms with Crippen molar-refractivity contribution in [2.24, 2.45) is 0 Å². The molecule has 3 rings (SSSR count). The third-order valence-corrected chi connectivity index (χ3v) is 3.59. The van der Waals surface area contributed by atoms with E-state index < -0.39 is 0 Å². The molecule has 1 heterocycles. The molecule has 5 heteroatoms. The standard InChI is InChI=1S/C18H16FN3O/c1-13(14-6-4-3-5-7-14)18(19)17-12-22(21-20-17)15-8-10-16(23-2)11-9-15/h3-12H,1-2H3/b18-13+. The monoisotopic (exact) mass is 309 g/mol. The van der Waals surface area contributed by atoms with Gasteiger partial charge in [0.05, 0.1) is 19.0 Å². The number of halogens is 1. The number of allylic oxidation sites excluding steroid dienone is 1. The van der Waals surface area contributed by atoms with Crippen LogP contribution < -0.4 is 4.74 Å². The van der Waals surface area contributed by atoms with Crippen molar-refractivity contribution in [3.63, 3.8) is 0 Å². The van der Waals surface area contributed by atoms with Crippen molar-refractivity contribution < 1.29 is 9.13 Å². The summed E-state index contributed by atoms with van der Waals surface area (Å²) in [5.74, 6) is 0.371. The molecule has 0 atom stereocenters. The van der Waals surface area contributed by atoms with Crippen molar-refractivity contribution in [3.8, 4) is 11.4 Å². The van der Waals surface area contributed by atoms with E-state index in [1.54, 1.807) is 20.2 Å². The molecule has 4 nitrogen and oxygen atoms in total. The van der Waals surface area contributed by atoms with Crippen LogP contribution in [-0.4, -0.2) is 22.1 Å². The fourth-order valence-electron chi connectivity index (χ4n) is 2.23. The lowest BCUT2D eigenvalue weighted by molar-refractivity contribution is 0.414. The van der Waals surface area contributed by atoms with Gasteiger partial charge in [0.25, 0.3) is 0 Å². The molecule has 0 fully saturated rings. The predicted octanol–water partition coefficient (Wildman–Crippen LogP) is 4.13. The van der Waals surface area contributed by atoms with E-state index in [-0.39, 0.29) is 11.5 Å². The molecular formula is C18H16FN3O. The Bertz CT molecular complexity index is 823. The van der Waals surface area contributed by atoms with Crippen molar-refractivity contribution in [3.05, 3.63) is 72.1 Å². The van der Waals surface area contributed by atoms with Crippen molar-refractivity contribution in [2.75, 3.05) is 7.11 Å². The lowest BCUT2D eigenvalue weighted by Gasteiger charge is -2.03. The summed E-state index contributed by atoms with van der Waals surface area (Å²) in [4.78, 5) is 0. The highest BCUT2D eigenvalue weighted by atomic mass is 19.1. The Balaban J connectivity index is 1.91. The smallest absolute Gasteiger partial charge is 0.155 e. The van der Waals surface area contributed by atoms with Crippen LogP contribution in [0.2, 0.25) is 0 Å². The van der Waals surface area contributed by atoms with Gasteiger partial charge in [-0.25, -0.2) is 9.07 Å². The fraction of sp³-hybridized carbons (Fsp3) is 0.111. The van der Waals surface area contributed by atoms with Crippen LogP contribution in [0.25, 0.3) is 17.1 Å². The number of methoxy groups -OCH3 is 1. The first kappa shape index (κ1) is 15.0. The number of nitrogens with zero attached hydrogens (tertiary/aromatic N) is 3. The summed E-state index contributed by atoms with van der Waals surface area (Å²) in [7, 11) is 1.61. The van der Waals surface area contributed by atoms with Gasteiger partial charge in [-0.3, -0.25) is 0 Å². The molecule has 0 bridgehead atoms. The minimum Gasteiger partial charge on any atom is -0.497 e. The van der Waals surface area contributed by atoms with Crippen LogP contribution in [0.1, 0.15) is 18.2 Å². The summed E-state index contributed by atoms with van der Waals surface area (Å²) < 4.78 is 21.3. The van der Waals surface area contributed by atoms with Gasteiger partial charge in [0, 0.05) is 0 Å². The molecule has 116 valence electrons. The molecule has 0 aliphatic rings. The number of aromatic nitrogens is 3. The van der Waals surface area contributed by atoms with Crippen LogP contribution in [0.15, 0.2) is 60.8 Å². The van der Waals surface area contributed by atoms with Gasteiger partial charge in [0.15, 0.2) is 5.83 Å². The SMILES string of the molecule is COc1ccc(-n2cc(/C(F)=C(/C)c3ccccc3)nn2)cc1. The van der Waals surface area contributed by atoms with E-state index in [2.05, 4.69) is 10.3 Å². The van der Waals surface area contributed by atoms with Crippen LogP contribution in [0.4, 0.5) is 4.39 Å². The van der Waals surface area contributed by atoms with E-state index >= 15 is 0 Å². The Hall–Kier alpha value is -2.95. The molecular weight excluding hydrogens is 293 g/mol. The summed E-state index contributed by atoms with van der Waals surface area (Å²) in [5.41, 5.74) is 2.35. The number of benzene rings is 2. The first-order valence-electron chi connectivity index (χ1n) is 7.18. The second kappa shape index (κ2) is 6.44. The third kappa shape index (κ3) is 3.13. The average molecular weight is 309 g/mol. The highest BCUT2D eigenvalue weighted by Crippen LogP contribution is 2.26. The molecule has 0 amide bonds. The van der Waals surface area contributed by atoms with Crippen LogP contribution >= 0.6 is 0 Å². The van der Waals surface area contributed by atoms with Gasteiger partial charge in [-0.05, 0) is 42.3 Å². The normalized spacial score (nSPS) is 12.0. The maximum absolute atomic E-state index is 14.6. The van der Waals surface area contributed by atoms with Gasteiger partial charge in [0.2, 0.25) is 0 Å². The fourth-order valence-corrected chi connectivity index (χ4v) is 2.23. The molecule has 0 radical (unpaired) electrons. The van der Waals surface area contributed by atoms with Gasteiger partial charge in [0.1, 0.15) is 11.4 Å². The summed E-state index contributed by atoms with van der Waals surface area (Å²) in [6.07, 6.45) is 1.57. The zero-order chi connectivity index (χ0) is 16.2. The molecule has 2 aromatic carbocycles. The molecule has 3 aromatic rings. The minimum atomic E-state index is -0.379. The molecule has 0 saturated carbocycles. The Morgan fingerprint density at radius 1 is 1.04 bits per heavy atom. The van der Waals surface area contributed by atoms with Crippen LogP contribution in [0.3, 0.4) is 0 Å². The van der Waals surface area contributed by atoms with Crippen LogP contribution in [0.5, 0.6) is 5.75 Å². The largest absolute Gasteiger partial charge is 0.497 e. The van der Waals surface area contributed by atoms with Crippen LogP contribution in [0, 0.1) is 0 Å². The summed E-state index contributed by atoms with van der Waals surface area (Å²) in [5, 5.41) is 7.92. The molecule has 23 heavy (non-hydrogen) atoms. The quantitative estimate of drug-likeness (QED) is 0.727. The summed E-state index contributed by atoms with van der Waals surface area (Å²) >= 11 is 0. The zero-order valence-corrected chi connectivity index (χ0v) is 12.9. The first-order chi connectivity index (χ1) is 11.2. The molecule has 0 aliphatic heterocycles. The van der Waals surface area contributed by atoms with E-state index in [9.17, 15) is 4.39 Å². The van der Waals surface area contributed by atoms with Gasteiger partial charge in [-0.15, -0.1) is 5.10 Å². The molecule has 0 unspecified atom stereocenters. The first-order valence-corrected chi connectivity index (χ1v) is 7.18. The topological polar surface area (TPSA) is 39.9 Å². The number of ether oxygens (including phenoxy) is 1. The Morgan fingerprint density at radius 2 is 1.74 bits per heavy atom. The average Bonchev–Trinajstić information content (AvgIpc) is 3.11. The Kier molecular flexibility index (Phi) is 4.19. The molecule has 0 spiro atoms. The van der Waals surface area contributed by atoms with E-state index in [4.69, 9.17) is 4.74 Å². The van der Waals surface area contributed by atoms with Gasteiger partial charge >= 0.3 is 0 Å². The van der Waals surface area contributed by atoms with E-state index in [0.717, 1.165) is 17.0 Å². The van der Waals surface area contributed by atoms with Crippen LogP contribution in [-0.2, 0) is 0 Å². The summed E-state index contributed by atoms with van der Waals surface area (Å²) in [6.45, 7) is 1.73. The van der Waals surface area contributed by atoms with Crippen molar-refractivity contribution in [2.45, 2.75) is 6.92 Å². The highest BCUT2D eigenvalue weighted by molar-refractivity contribution is 5.84. The highest BCUT2D eigenvalue weighted by Gasteiger charge is 2.12. The molecule has 0 aliphatic carbocycles. The maximum atomic E-state index is 14.6. The van der Waals surface area contributed by atoms with Gasteiger partial charge in [-0.2, -0.15) is 0 Å². The zero-order valence-electron chi connectivity index (χ0n) is 12.9. The number of hydrogen-bond acceptors (Lipinski definition) is 3. The molecule has 1 aromatic heterocycles. The van der Waals surface area contributed by atoms with E-state index in [0.29, 0.717) is 5.57 Å². The number of rotatable bonds is 4.